The molecule has 0 saturated carbocycles. The molecule has 0 radical (unpaired) electrons. The average Bonchev–Trinajstić information content (AvgIpc) is 2.81. The first kappa shape index (κ1) is 31.6. The standard InChI is InChI=1S/C30H42F2N2O3S/c1-7-8-9-10-11-18-34(28(36)33-26-16-15-23(31)21-25(26)32)19-17-22-13-12-14-24(20-22)38-30(5,6)27(35)37-29(2,3)4/h12-16,20-21H,7-11,17-19H2,1-6H3,(H,33,36). The van der Waals surface area contributed by atoms with Crippen molar-refractivity contribution in [2.75, 3.05) is 18.4 Å². The van der Waals surface area contributed by atoms with Crippen molar-refractivity contribution in [1.82, 2.24) is 4.90 Å². The van der Waals surface area contributed by atoms with Crippen LogP contribution in [0.4, 0.5) is 19.3 Å². The highest BCUT2D eigenvalue weighted by Crippen LogP contribution is 2.35. The van der Waals surface area contributed by atoms with E-state index in [2.05, 4.69) is 12.2 Å². The Labute approximate surface area is 230 Å². The molecule has 38 heavy (non-hydrogen) atoms. The van der Waals surface area contributed by atoms with Gasteiger partial charge in [-0.05, 0) is 77.3 Å². The maximum atomic E-state index is 14.1. The predicted molar refractivity (Wildman–Crippen MR) is 152 cm³/mol. The van der Waals surface area contributed by atoms with Crippen molar-refractivity contribution < 1.29 is 23.1 Å². The monoisotopic (exact) mass is 548 g/mol. The van der Waals surface area contributed by atoms with Crippen molar-refractivity contribution in [2.24, 2.45) is 0 Å². The van der Waals surface area contributed by atoms with Crippen LogP contribution < -0.4 is 5.32 Å². The maximum Gasteiger partial charge on any atom is 0.322 e. The molecule has 2 aromatic carbocycles. The van der Waals surface area contributed by atoms with Crippen LogP contribution in [0.3, 0.4) is 0 Å². The van der Waals surface area contributed by atoms with Gasteiger partial charge in [-0.15, -0.1) is 11.8 Å². The lowest BCUT2D eigenvalue weighted by molar-refractivity contribution is -0.156. The van der Waals surface area contributed by atoms with Crippen molar-refractivity contribution >= 4 is 29.4 Å². The number of hydrogen-bond donors (Lipinski definition) is 1. The molecule has 2 aromatic rings. The first-order chi connectivity index (χ1) is 17.8. The molecule has 8 heteroatoms. The highest BCUT2D eigenvalue weighted by atomic mass is 32.2. The molecular weight excluding hydrogens is 506 g/mol. The first-order valence-electron chi connectivity index (χ1n) is 13.3. The molecule has 210 valence electrons. The number of nitrogens with zero attached hydrogens (tertiary/aromatic N) is 1. The van der Waals surface area contributed by atoms with E-state index in [0.29, 0.717) is 19.5 Å². The summed E-state index contributed by atoms with van der Waals surface area (Å²) in [5.74, 6) is -1.78. The fourth-order valence-corrected chi connectivity index (χ4v) is 4.84. The van der Waals surface area contributed by atoms with Gasteiger partial charge >= 0.3 is 12.0 Å². The Bertz CT molecular complexity index is 1070. The molecule has 0 unspecified atom stereocenters. The van der Waals surface area contributed by atoms with Crippen LogP contribution in [-0.4, -0.2) is 40.3 Å². The van der Waals surface area contributed by atoms with E-state index in [9.17, 15) is 18.4 Å². The van der Waals surface area contributed by atoms with Crippen molar-refractivity contribution in [3.8, 4) is 0 Å². The molecule has 0 aliphatic carbocycles. The summed E-state index contributed by atoms with van der Waals surface area (Å²) in [6.45, 7) is 12.4. The second kappa shape index (κ2) is 14.5. The van der Waals surface area contributed by atoms with E-state index in [4.69, 9.17) is 4.74 Å². The number of nitrogens with one attached hydrogen (secondary N) is 1. The second-order valence-corrected chi connectivity index (χ2v) is 12.7. The first-order valence-corrected chi connectivity index (χ1v) is 14.1. The van der Waals surface area contributed by atoms with Gasteiger partial charge in [0.2, 0.25) is 0 Å². The molecule has 0 aromatic heterocycles. The zero-order valence-electron chi connectivity index (χ0n) is 23.5. The van der Waals surface area contributed by atoms with Crippen LogP contribution in [0.2, 0.25) is 0 Å². The fraction of sp³-hybridized carbons (Fsp3) is 0.533. The predicted octanol–water partition coefficient (Wildman–Crippen LogP) is 8.22. The minimum atomic E-state index is -0.807. The van der Waals surface area contributed by atoms with Crippen LogP contribution in [0.1, 0.15) is 79.2 Å². The summed E-state index contributed by atoms with van der Waals surface area (Å²) in [5.41, 5.74) is 0.413. The van der Waals surface area contributed by atoms with Crippen LogP contribution in [-0.2, 0) is 16.0 Å². The number of hydrogen-bond acceptors (Lipinski definition) is 4. The van der Waals surface area contributed by atoms with Gasteiger partial charge < -0.3 is 15.0 Å². The van der Waals surface area contributed by atoms with Crippen LogP contribution in [0, 0.1) is 11.6 Å². The molecule has 0 saturated heterocycles. The second-order valence-electron chi connectivity index (χ2n) is 11.0. The van der Waals surface area contributed by atoms with E-state index >= 15 is 0 Å². The van der Waals surface area contributed by atoms with Crippen LogP contribution in [0.5, 0.6) is 0 Å². The third kappa shape index (κ3) is 11.0. The van der Waals surface area contributed by atoms with E-state index in [1.165, 1.54) is 17.8 Å². The summed E-state index contributed by atoms with van der Waals surface area (Å²) < 4.78 is 32.2. The molecule has 0 bridgehead atoms. The Hall–Kier alpha value is -2.61. The molecule has 0 fully saturated rings. The summed E-state index contributed by atoms with van der Waals surface area (Å²) in [6, 6.07) is 10.6. The molecule has 2 rings (SSSR count). The van der Waals surface area contributed by atoms with Gasteiger partial charge in [-0.2, -0.15) is 0 Å². The highest BCUT2D eigenvalue weighted by Gasteiger charge is 2.33. The van der Waals surface area contributed by atoms with Gasteiger partial charge in [-0.25, -0.2) is 13.6 Å². The Morgan fingerprint density at radius 1 is 0.947 bits per heavy atom. The van der Waals surface area contributed by atoms with Crippen molar-refractivity contribution in [3.05, 3.63) is 59.7 Å². The van der Waals surface area contributed by atoms with E-state index in [-0.39, 0.29) is 11.7 Å². The van der Waals surface area contributed by atoms with Crippen molar-refractivity contribution in [1.29, 1.82) is 0 Å². The van der Waals surface area contributed by atoms with E-state index < -0.39 is 28.0 Å². The summed E-state index contributed by atoms with van der Waals surface area (Å²) in [5, 5.41) is 2.59. The summed E-state index contributed by atoms with van der Waals surface area (Å²) in [6.07, 6.45) is 5.83. The molecule has 2 amide bonds. The van der Waals surface area contributed by atoms with E-state index in [0.717, 1.165) is 54.7 Å². The lowest BCUT2D eigenvalue weighted by atomic mass is 10.1. The number of benzene rings is 2. The van der Waals surface area contributed by atoms with Crippen molar-refractivity contribution in [2.45, 2.75) is 95.3 Å². The fourth-order valence-electron chi connectivity index (χ4n) is 3.77. The normalized spacial score (nSPS) is 11.8. The van der Waals surface area contributed by atoms with Crippen LogP contribution in [0.25, 0.3) is 0 Å². The van der Waals surface area contributed by atoms with Crippen LogP contribution in [0.15, 0.2) is 47.4 Å². The average molecular weight is 549 g/mol. The zero-order chi connectivity index (χ0) is 28.3. The topological polar surface area (TPSA) is 58.6 Å². The van der Waals surface area contributed by atoms with Crippen LogP contribution >= 0.6 is 11.8 Å². The van der Waals surface area contributed by atoms with Gasteiger partial charge in [0.25, 0.3) is 0 Å². The summed E-state index contributed by atoms with van der Waals surface area (Å²) in [7, 11) is 0. The number of anilines is 1. The van der Waals surface area contributed by atoms with Gasteiger partial charge in [0.1, 0.15) is 22.0 Å². The third-order valence-electron chi connectivity index (χ3n) is 5.82. The van der Waals surface area contributed by atoms with Gasteiger partial charge in [-0.1, -0.05) is 44.7 Å². The SMILES string of the molecule is CCCCCCCN(CCc1cccc(SC(C)(C)C(=O)OC(C)(C)C)c1)C(=O)Nc1ccc(F)cc1F. The highest BCUT2D eigenvalue weighted by molar-refractivity contribution is 8.01. The molecule has 0 heterocycles. The number of urea groups is 1. The lowest BCUT2D eigenvalue weighted by Crippen LogP contribution is -2.37. The molecule has 1 N–H and O–H groups in total. The van der Waals surface area contributed by atoms with Gasteiger partial charge in [0.15, 0.2) is 0 Å². The number of unbranched alkanes of at least 4 members (excludes halogenated alkanes) is 4. The summed E-state index contributed by atoms with van der Waals surface area (Å²) >= 11 is 1.44. The zero-order valence-corrected chi connectivity index (χ0v) is 24.4. The molecule has 0 aliphatic rings. The molecule has 5 nitrogen and oxygen atoms in total. The number of ether oxygens (including phenoxy) is 1. The van der Waals surface area contributed by atoms with Gasteiger partial charge in [-0.3, -0.25) is 4.79 Å². The minimum Gasteiger partial charge on any atom is -0.459 e. The molecule has 0 atom stereocenters. The summed E-state index contributed by atoms with van der Waals surface area (Å²) in [4.78, 5) is 28.3. The molecule has 0 aliphatic heterocycles. The number of halogens is 2. The number of thioether (sulfide) groups is 1. The number of carbonyl (C=O) groups is 2. The smallest absolute Gasteiger partial charge is 0.322 e. The van der Waals surface area contributed by atoms with Gasteiger partial charge in [0, 0.05) is 24.1 Å². The van der Waals surface area contributed by atoms with E-state index in [1.54, 1.807) is 4.90 Å². The number of amides is 2. The molecular formula is C30H42F2N2O3S. The molecule has 0 spiro atoms. The third-order valence-corrected chi connectivity index (χ3v) is 6.99. The Morgan fingerprint density at radius 2 is 1.66 bits per heavy atom. The lowest BCUT2D eigenvalue weighted by Gasteiger charge is -2.28. The number of rotatable bonds is 13. The number of esters is 1. The quantitative estimate of drug-likeness (QED) is 0.156. The van der Waals surface area contributed by atoms with Crippen molar-refractivity contribution in [3.63, 3.8) is 0 Å². The number of carbonyl (C=O) groups excluding carboxylic acids is 2. The largest absolute Gasteiger partial charge is 0.459 e. The Kier molecular flexibility index (Phi) is 12.1. The maximum absolute atomic E-state index is 14.1. The minimum absolute atomic E-state index is 0.0462. The van der Waals surface area contributed by atoms with E-state index in [1.807, 2.05) is 58.9 Å². The van der Waals surface area contributed by atoms with Gasteiger partial charge in [0.05, 0.1) is 5.69 Å². The Balaban J connectivity index is 2.08. The Morgan fingerprint density at radius 3 is 2.32 bits per heavy atom.